The van der Waals surface area contributed by atoms with Gasteiger partial charge in [0, 0.05) is 35.4 Å². The van der Waals surface area contributed by atoms with Crippen molar-refractivity contribution in [3.8, 4) is 11.3 Å². The van der Waals surface area contributed by atoms with Crippen molar-refractivity contribution >= 4 is 49.7 Å². The van der Waals surface area contributed by atoms with Crippen LogP contribution in [0.25, 0.3) is 11.3 Å². The molecule has 4 rings (SSSR count). The highest BCUT2D eigenvalue weighted by Crippen LogP contribution is 2.32. The third kappa shape index (κ3) is 4.26. The number of amides is 1. The normalized spacial score (nSPS) is 15.8. The number of nitrogens with zero attached hydrogens (tertiary/aromatic N) is 3. The predicted octanol–water partition coefficient (Wildman–Crippen LogP) is 4.04. The molecule has 0 radical (unpaired) electrons. The fourth-order valence-electron chi connectivity index (χ4n) is 3.05. The first-order valence-corrected chi connectivity index (χ1v) is 11.8. The van der Waals surface area contributed by atoms with Crippen molar-refractivity contribution in [2.45, 2.75) is 12.8 Å². The first kappa shape index (κ1) is 19.8. The van der Waals surface area contributed by atoms with Gasteiger partial charge in [0.25, 0.3) is 5.91 Å². The molecule has 1 amide bonds. The highest BCUT2D eigenvalue weighted by atomic mass is 35.5. The van der Waals surface area contributed by atoms with E-state index in [9.17, 15) is 13.2 Å². The number of benzene rings is 1. The number of nitrogens with one attached hydrogen (secondary N) is 1. The number of thiazole rings is 1. The largest absolute Gasteiger partial charge is 0.298 e. The SMILES string of the molecule is O=C(Nc1nc(-c2cccnc2)cs1)c1ccc(Cl)c(N2CCCCS2(=O)=O)c1. The molecule has 0 aliphatic carbocycles. The van der Waals surface area contributed by atoms with E-state index in [4.69, 9.17) is 11.6 Å². The summed E-state index contributed by atoms with van der Waals surface area (Å²) in [6, 6.07) is 8.32. The Bertz CT molecular complexity index is 1150. The van der Waals surface area contributed by atoms with Gasteiger partial charge < -0.3 is 0 Å². The summed E-state index contributed by atoms with van der Waals surface area (Å²) in [7, 11) is -3.43. The lowest BCUT2D eigenvalue weighted by molar-refractivity contribution is 0.102. The zero-order valence-electron chi connectivity index (χ0n) is 15.2. The second-order valence-corrected chi connectivity index (χ2v) is 9.77. The van der Waals surface area contributed by atoms with Crippen LogP contribution in [0.2, 0.25) is 5.02 Å². The van der Waals surface area contributed by atoms with Crippen molar-refractivity contribution in [3.05, 3.63) is 58.7 Å². The van der Waals surface area contributed by atoms with Gasteiger partial charge in [0.15, 0.2) is 5.13 Å². The van der Waals surface area contributed by atoms with Crippen molar-refractivity contribution in [1.82, 2.24) is 9.97 Å². The van der Waals surface area contributed by atoms with Crippen LogP contribution in [0.1, 0.15) is 23.2 Å². The molecule has 0 saturated carbocycles. The molecule has 1 fully saturated rings. The van der Waals surface area contributed by atoms with Crippen LogP contribution in [0.3, 0.4) is 0 Å². The maximum absolute atomic E-state index is 12.7. The smallest absolute Gasteiger partial charge is 0.257 e. The van der Waals surface area contributed by atoms with Gasteiger partial charge in [-0.25, -0.2) is 13.4 Å². The summed E-state index contributed by atoms with van der Waals surface area (Å²) in [5, 5.41) is 5.32. The number of hydrogen-bond donors (Lipinski definition) is 1. The Hall–Kier alpha value is -2.49. The maximum atomic E-state index is 12.7. The first-order chi connectivity index (χ1) is 13.9. The summed E-state index contributed by atoms with van der Waals surface area (Å²) in [5.41, 5.74) is 2.21. The van der Waals surface area contributed by atoms with Crippen molar-refractivity contribution in [2.24, 2.45) is 0 Å². The summed E-state index contributed by atoms with van der Waals surface area (Å²) in [4.78, 5) is 21.2. The van der Waals surface area contributed by atoms with Gasteiger partial charge in [0.2, 0.25) is 10.0 Å². The number of carbonyl (C=O) groups excluding carboxylic acids is 1. The van der Waals surface area contributed by atoms with Crippen molar-refractivity contribution in [1.29, 1.82) is 0 Å². The quantitative estimate of drug-likeness (QED) is 0.650. The molecule has 1 aliphatic heterocycles. The molecule has 0 atom stereocenters. The Morgan fingerprint density at radius 2 is 2.10 bits per heavy atom. The zero-order chi connectivity index (χ0) is 20.4. The van der Waals surface area contributed by atoms with E-state index in [0.717, 1.165) is 17.7 Å². The van der Waals surface area contributed by atoms with Crippen LogP contribution in [0.5, 0.6) is 0 Å². The van der Waals surface area contributed by atoms with Crippen LogP contribution in [0, 0.1) is 0 Å². The summed E-state index contributed by atoms with van der Waals surface area (Å²) >= 11 is 7.54. The van der Waals surface area contributed by atoms with Gasteiger partial charge >= 0.3 is 0 Å². The molecule has 7 nitrogen and oxygen atoms in total. The van der Waals surface area contributed by atoms with Crippen LogP contribution >= 0.6 is 22.9 Å². The van der Waals surface area contributed by atoms with E-state index in [0.29, 0.717) is 34.4 Å². The number of rotatable bonds is 4. The van der Waals surface area contributed by atoms with Gasteiger partial charge in [-0.2, -0.15) is 0 Å². The van der Waals surface area contributed by atoms with Gasteiger partial charge in [0.1, 0.15) is 0 Å². The molecular weight excluding hydrogens is 432 g/mol. The summed E-state index contributed by atoms with van der Waals surface area (Å²) in [6.45, 7) is 0.355. The third-order valence-corrected chi connectivity index (χ3v) is 7.44. The number of carbonyl (C=O) groups is 1. The monoisotopic (exact) mass is 448 g/mol. The number of aromatic nitrogens is 2. The molecule has 2 aromatic heterocycles. The van der Waals surface area contributed by atoms with E-state index in [1.54, 1.807) is 24.5 Å². The van der Waals surface area contributed by atoms with Crippen molar-refractivity contribution in [2.75, 3.05) is 21.9 Å². The topological polar surface area (TPSA) is 92.3 Å². The number of halogens is 1. The Labute approximate surface area is 177 Å². The number of anilines is 2. The molecule has 1 N–H and O–H groups in total. The molecule has 1 saturated heterocycles. The molecule has 10 heteroatoms. The molecule has 3 aromatic rings. The maximum Gasteiger partial charge on any atom is 0.257 e. The lowest BCUT2D eigenvalue weighted by Gasteiger charge is -2.29. The van der Waals surface area contributed by atoms with Crippen LogP contribution in [-0.2, 0) is 10.0 Å². The average Bonchev–Trinajstić information content (AvgIpc) is 3.17. The standard InChI is InChI=1S/C19H17ClN4O3S2/c20-15-6-5-13(10-17(15)24-8-1-2-9-29(24,26)27)18(25)23-19-22-16(12-28-19)14-4-3-7-21-11-14/h3-7,10-12H,1-2,8-9H2,(H,22,23,25). The first-order valence-electron chi connectivity index (χ1n) is 8.91. The minimum Gasteiger partial charge on any atom is -0.298 e. The van der Waals surface area contributed by atoms with Crippen LogP contribution < -0.4 is 9.62 Å². The fourth-order valence-corrected chi connectivity index (χ4v) is 5.68. The second kappa shape index (κ2) is 8.10. The molecule has 1 aliphatic rings. The van der Waals surface area contributed by atoms with Gasteiger partial charge in [-0.15, -0.1) is 11.3 Å². The van der Waals surface area contributed by atoms with E-state index in [1.165, 1.54) is 21.7 Å². The van der Waals surface area contributed by atoms with Gasteiger partial charge in [-0.05, 0) is 43.2 Å². The highest BCUT2D eigenvalue weighted by Gasteiger charge is 2.28. The van der Waals surface area contributed by atoms with Gasteiger partial charge in [-0.3, -0.25) is 19.4 Å². The van der Waals surface area contributed by atoms with Crippen LogP contribution in [0.4, 0.5) is 10.8 Å². The Kier molecular flexibility index (Phi) is 5.53. The fraction of sp³-hybridized carbons (Fsp3) is 0.211. The lowest BCUT2D eigenvalue weighted by atomic mass is 10.2. The minimum absolute atomic E-state index is 0.0794. The van der Waals surface area contributed by atoms with Gasteiger partial charge in [-0.1, -0.05) is 11.6 Å². The van der Waals surface area contributed by atoms with E-state index >= 15 is 0 Å². The summed E-state index contributed by atoms with van der Waals surface area (Å²) < 4.78 is 26.1. The van der Waals surface area contributed by atoms with Crippen molar-refractivity contribution < 1.29 is 13.2 Å². The van der Waals surface area contributed by atoms with E-state index < -0.39 is 10.0 Å². The zero-order valence-corrected chi connectivity index (χ0v) is 17.6. The summed E-state index contributed by atoms with van der Waals surface area (Å²) in [6.07, 6.45) is 4.76. The number of pyridine rings is 1. The van der Waals surface area contributed by atoms with Crippen molar-refractivity contribution in [3.63, 3.8) is 0 Å². The Balaban J connectivity index is 1.56. The second-order valence-electron chi connectivity index (χ2n) is 6.50. The molecule has 29 heavy (non-hydrogen) atoms. The van der Waals surface area contributed by atoms with E-state index in [1.807, 2.05) is 17.5 Å². The molecule has 0 bridgehead atoms. The van der Waals surface area contributed by atoms with Crippen LogP contribution in [0.15, 0.2) is 48.1 Å². The van der Waals surface area contributed by atoms with Gasteiger partial charge in [0.05, 0.1) is 22.2 Å². The molecular formula is C19H17ClN4O3S2. The molecule has 1 aromatic carbocycles. The summed E-state index contributed by atoms with van der Waals surface area (Å²) in [5.74, 6) is -0.305. The average molecular weight is 449 g/mol. The highest BCUT2D eigenvalue weighted by molar-refractivity contribution is 7.92. The molecule has 0 unspecified atom stereocenters. The molecule has 0 spiro atoms. The van der Waals surface area contributed by atoms with E-state index in [-0.39, 0.29) is 11.7 Å². The van der Waals surface area contributed by atoms with E-state index in [2.05, 4.69) is 15.3 Å². The molecule has 3 heterocycles. The minimum atomic E-state index is -3.43. The third-order valence-electron chi connectivity index (χ3n) is 4.51. The predicted molar refractivity (Wildman–Crippen MR) is 115 cm³/mol. The Morgan fingerprint density at radius 3 is 2.86 bits per heavy atom. The molecule has 150 valence electrons. The number of sulfonamides is 1. The van der Waals surface area contributed by atoms with Crippen LogP contribution in [-0.4, -0.2) is 36.6 Å². The Morgan fingerprint density at radius 1 is 1.24 bits per heavy atom. The number of hydrogen-bond acceptors (Lipinski definition) is 6. The lowest BCUT2D eigenvalue weighted by Crippen LogP contribution is -2.38.